The summed E-state index contributed by atoms with van der Waals surface area (Å²) in [6, 6.07) is 10.5. The number of nitrogens with zero attached hydrogens (tertiary/aromatic N) is 1. The first-order valence-corrected chi connectivity index (χ1v) is 9.50. The van der Waals surface area contributed by atoms with Gasteiger partial charge < -0.3 is 14.7 Å². The molecule has 28 heavy (non-hydrogen) atoms. The summed E-state index contributed by atoms with van der Waals surface area (Å²) in [7, 11) is 1.58. The molecule has 0 saturated heterocycles. The van der Waals surface area contributed by atoms with Crippen LogP contribution < -0.4 is 4.74 Å². The molecule has 0 bridgehead atoms. The lowest BCUT2D eigenvalue weighted by Crippen LogP contribution is -2.38. The number of carbonyl (C=O) groups excluding carboxylic acids is 1. The van der Waals surface area contributed by atoms with E-state index in [0.717, 1.165) is 30.2 Å². The van der Waals surface area contributed by atoms with E-state index in [9.17, 15) is 18.7 Å². The van der Waals surface area contributed by atoms with Crippen molar-refractivity contribution in [3.05, 3.63) is 65.2 Å². The Hall–Kier alpha value is -2.47. The quantitative estimate of drug-likeness (QED) is 0.811. The van der Waals surface area contributed by atoms with Crippen molar-refractivity contribution < 1.29 is 23.4 Å². The number of amides is 1. The van der Waals surface area contributed by atoms with Crippen LogP contribution in [0.1, 0.15) is 36.8 Å². The van der Waals surface area contributed by atoms with Gasteiger partial charge in [0, 0.05) is 24.6 Å². The number of benzene rings is 2. The summed E-state index contributed by atoms with van der Waals surface area (Å²) in [5, 5.41) is 9.93. The number of rotatable bonds is 6. The maximum absolute atomic E-state index is 14.2. The van der Waals surface area contributed by atoms with E-state index in [-0.39, 0.29) is 30.5 Å². The largest absolute Gasteiger partial charge is 0.497 e. The molecule has 2 aromatic rings. The summed E-state index contributed by atoms with van der Waals surface area (Å²) in [6.45, 7) is 0.242. The molecule has 6 heteroatoms. The molecule has 0 unspecified atom stereocenters. The van der Waals surface area contributed by atoms with Crippen LogP contribution in [0.25, 0.3) is 0 Å². The van der Waals surface area contributed by atoms with E-state index in [1.807, 2.05) is 12.1 Å². The molecule has 1 aliphatic carbocycles. The molecule has 1 N–H and O–H groups in total. The Kier molecular flexibility index (Phi) is 6.62. The maximum atomic E-state index is 14.2. The third-order valence-corrected chi connectivity index (χ3v) is 5.21. The van der Waals surface area contributed by atoms with E-state index in [4.69, 9.17) is 4.74 Å². The van der Waals surface area contributed by atoms with Gasteiger partial charge in [-0.25, -0.2) is 8.78 Å². The zero-order chi connectivity index (χ0) is 20.1. The SMILES string of the molecule is COc1ccc(CN(Cc2cc(F)ccc2F)C(=O)[C@H]2CCC[C@H](O)C2)cc1. The van der Waals surface area contributed by atoms with Crippen molar-refractivity contribution in [2.24, 2.45) is 5.92 Å². The first kappa shape index (κ1) is 20.3. The molecule has 1 saturated carbocycles. The molecule has 0 spiro atoms. The van der Waals surface area contributed by atoms with Gasteiger partial charge in [0.05, 0.1) is 13.2 Å². The second-order valence-electron chi connectivity index (χ2n) is 7.30. The summed E-state index contributed by atoms with van der Waals surface area (Å²) in [6.07, 6.45) is 2.09. The fourth-order valence-corrected chi connectivity index (χ4v) is 3.68. The van der Waals surface area contributed by atoms with Crippen LogP contribution in [0.15, 0.2) is 42.5 Å². The molecule has 2 aromatic carbocycles. The van der Waals surface area contributed by atoms with Gasteiger partial charge in [-0.3, -0.25) is 4.79 Å². The van der Waals surface area contributed by atoms with Crippen molar-refractivity contribution in [3.63, 3.8) is 0 Å². The van der Waals surface area contributed by atoms with Crippen LogP contribution in [0.2, 0.25) is 0 Å². The Morgan fingerprint density at radius 2 is 1.89 bits per heavy atom. The fraction of sp³-hybridized carbons (Fsp3) is 0.409. The summed E-state index contributed by atoms with van der Waals surface area (Å²) in [5.41, 5.74) is 1.00. The number of hydrogen-bond acceptors (Lipinski definition) is 3. The molecule has 1 aliphatic rings. The summed E-state index contributed by atoms with van der Waals surface area (Å²) in [5.74, 6) is -0.830. The van der Waals surface area contributed by atoms with Crippen molar-refractivity contribution in [2.45, 2.75) is 44.9 Å². The van der Waals surface area contributed by atoms with E-state index in [0.29, 0.717) is 25.0 Å². The number of halogens is 2. The zero-order valence-corrected chi connectivity index (χ0v) is 15.9. The average Bonchev–Trinajstić information content (AvgIpc) is 2.70. The van der Waals surface area contributed by atoms with Crippen LogP contribution in [0, 0.1) is 17.6 Å². The van der Waals surface area contributed by atoms with Crippen molar-refractivity contribution in [3.8, 4) is 5.75 Å². The Labute approximate surface area is 163 Å². The molecule has 150 valence electrons. The van der Waals surface area contributed by atoms with Gasteiger partial charge in [-0.05, 0) is 55.2 Å². The molecule has 0 radical (unpaired) electrons. The number of aliphatic hydroxyl groups excluding tert-OH is 1. The van der Waals surface area contributed by atoms with Gasteiger partial charge in [0.1, 0.15) is 17.4 Å². The summed E-state index contributed by atoms with van der Waals surface area (Å²) < 4.78 is 32.9. The Bertz CT molecular complexity index is 810. The molecule has 0 aromatic heterocycles. The van der Waals surface area contributed by atoms with E-state index >= 15 is 0 Å². The molecule has 3 rings (SSSR count). The van der Waals surface area contributed by atoms with Gasteiger partial charge in [-0.15, -0.1) is 0 Å². The van der Waals surface area contributed by atoms with Crippen molar-refractivity contribution >= 4 is 5.91 Å². The highest BCUT2D eigenvalue weighted by Gasteiger charge is 2.30. The first-order chi connectivity index (χ1) is 13.5. The van der Waals surface area contributed by atoms with Gasteiger partial charge >= 0.3 is 0 Å². The molecule has 4 nitrogen and oxygen atoms in total. The lowest BCUT2D eigenvalue weighted by atomic mass is 9.86. The number of carbonyl (C=O) groups is 1. The molecule has 1 fully saturated rings. The number of hydrogen-bond donors (Lipinski definition) is 1. The minimum Gasteiger partial charge on any atom is -0.497 e. The number of methoxy groups -OCH3 is 1. The van der Waals surface area contributed by atoms with E-state index < -0.39 is 17.7 Å². The van der Waals surface area contributed by atoms with Gasteiger partial charge in [0.15, 0.2) is 0 Å². The topological polar surface area (TPSA) is 49.8 Å². The predicted octanol–water partition coefficient (Wildman–Crippen LogP) is 4.05. The van der Waals surface area contributed by atoms with Gasteiger partial charge in [0.2, 0.25) is 5.91 Å². The third-order valence-electron chi connectivity index (χ3n) is 5.21. The molecule has 0 aliphatic heterocycles. The van der Waals surface area contributed by atoms with Crippen LogP contribution >= 0.6 is 0 Å². The Morgan fingerprint density at radius 3 is 2.57 bits per heavy atom. The summed E-state index contributed by atoms with van der Waals surface area (Å²) in [4.78, 5) is 14.7. The number of aliphatic hydroxyl groups is 1. The van der Waals surface area contributed by atoms with Crippen LogP contribution in [0.5, 0.6) is 5.75 Å². The van der Waals surface area contributed by atoms with Gasteiger partial charge in [-0.2, -0.15) is 0 Å². The monoisotopic (exact) mass is 389 g/mol. The third kappa shape index (κ3) is 5.07. The minimum absolute atomic E-state index is 0.0267. The van der Waals surface area contributed by atoms with Crippen LogP contribution in [-0.4, -0.2) is 29.1 Å². The molecule has 2 atom stereocenters. The second kappa shape index (κ2) is 9.15. The standard InChI is InChI=1S/C22H25F2NO3/c1-28-20-8-5-15(6-9-20)13-25(14-17-11-18(23)7-10-21(17)24)22(27)16-3-2-4-19(26)12-16/h5-11,16,19,26H,2-4,12-14H2,1H3/t16-,19-/m0/s1. The molecular weight excluding hydrogens is 364 g/mol. The van der Waals surface area contributed by atoms with Crippen molar-refractivity contribution in [2.75, 3.05) is 7.11 Å². The van der Waals surface area contributed by atoms with E-state index in [2.05, 4.69) is 0 Å². The highest BCUT2D eigenvalue weighted by molar-refractivity contribution is 5.79. The molecule has 0 heterocycles. The molecule has 1 amide bonds. The Morgan fingerprint density at radius 1 is 1.14 bits per heavy atom. The zero-order valence-electron chi connectivity index (χ0n) is 15.9. The maximum Gasteiger partial charge on any atom is 0.226 e. The summed E-state index contributed by atoms with van der Waals surface area (Å²) >= 11 is 0. The lowest BCUT2D eigenvalue weighted by molar-refractivity contribution is -0.139. The lowest BCUT2D eigenvalue weighted by Gasteiger charge is -2.31. The predicted molar refractivity (Wildman–Crippen MR) is 102 cm³/mol. The van der Waals surface area contributed by atoms with Gasteiger partial charge in [0.25, 0.3) is 0 Å². The first-order valence-electron chi connectivity index (χ1n) is 9.50. The smallest absolute Gasteiger partial charge is 0.226 e. The fourth-order valence-electron chi connectivity index (χ4n) is 3.68. The normalized spacial score (nSPS) is 19.3. The second-order valence-corrected chi connectivity index (χ2v) is 7.30. The van der Waals surface area contributed by atoms with Gasteiger partial charge in [-0.1, -0.05) is 18.6 Å². The highest BCUT2D eigenvalue weighted by Crippen LogP contribution is 2.28. The van der Waals surface area contributed by atoms with Crippen molar-refractivity contribution in [1.82, 2.24) is 4.90 Å². The molecular formula is C22H25F2NO3. The average molecular weight is 389 g/mol. The number of ether oxygens (including phenoxy) is 1. The van der Waals surface area contributed by atoms with Crippen LogP contribution in [-0.2, 0) is 17.9 Å². The van der Waals surface area contributed by atoms with Crippen LogP contribution in [0.3, 0.4) is 0 Å². The van der Waals surface area contributed by atoms with Crippen LogP contribution in [0.4, 0.5) is 8.78 Å². The Balaban J connectivity index is 1.83. The minimum atomic E-state index is -0.544. The highest BCUT2D eigenvalue weighted by atomic mass is 19.1. The van der Waals surface area contributed by atoms with E-state index in [1.54, 1.807) is 24.1 Å². The van der Waals surface area contributed by atoms with Crippen molar-refractivity contribution in [1.29, 1.82) is 0 Å². The van der Waals surface area contributed by atoms with E-state index in [1.165, 1.54) is 0 Å².